The lowest BCUT2D eigenvalue weighted by Crippen LogP contribution is -2.41. The number of rotatable bonds is 8. The second-order valence-corrected chi connectivity index (χ2v) is 17.2. The van der Waals surface area contributed by atoms with E-state index in [2.05, 4.69) is 264 Å². The molecule has 9 aromatic carbocycles. The molecule has 2 aliphatic rings. The van der Waals surface area contributed by atoms with Gasteiger partial charge in [0, 0.05) is 56.3 Å². The van der Waals surface area contributed by atoms with Gasteiger partial charge in [0.25, 0.3) is 0 Å². The Hall–Kier alpha value is -8.14. The fraction of sp³-hybridized carbons (Fsp3) is 0.0492. The smallest absolute Gasteiger partial charge is 0.0713 e. The van der Waals surface area contributed by atoms with Crippen molar-refractivity contribution in [3.05, 3.63) is 248 Å². The third-order valence-electron chi connectivity index (χ3n) is 13.4. The van der Waals surface area contributed by atoms with Crippen LogP contribution in [0, 0.1) is 0 Å². The van der Waals surface area contributed by atoms with Crippen LogP contribution in [0.4, 0.5) is 22.7 Å². The van der Waals surface area contributed by atoms with Crippen molar-refractivity contribution in [1.29, 1.82) is 0 Å². The van der Waals surface area contributed by atoms with Crippen molar-refractivity contribution in [1.82, 2.24) is 4.57 Å². The van der Waals surface area contributed by atoms with Crippen LogP contribution in [-0.4, -0.2) is 10.1 Å². The summed E-state index contributed by atoms with van der Waals surface area (Å²) in [6.07, 6.45) is 9.24. The molecule has 3 nitrogen and oxygen atoms in total. The van der Waals surface area contributed by atoms with Crippen LogP contribution in [-0.2, 0) is 0 Å². The van der Waals surface area contributed by atoms with Gasteiger partial charge in [-0.3, -0.25) is 0 Å². The molecule has 0 amide bonds. The molecule has 10 aromatic rings. The van der Waals surface area contributed by atoms with Crippen LogP contribution in [0.3, 0.4) is 0 Å². The van der Waals surface area contributed by atoms with Gasteiger partial charge in [0.2, 0.25) is 0 Å². The molecule has 0 saturated heterocycles. The quantitative estimate of drug-likeness (QED) is 0.165. The predicted octanol–water partition coefficient (Wildman–Crippen LogP) is 16.3. The first-order chi connectivity index (χ1) is 31.6. The van der Waals surface area contributed by atoms with Gasteiger partial charge in [-0.2, -0.15) is 0 Å². The molecule has 2 heterocycles. The van der Waals surface area contributed by atoms with Crippen LogP contribution in [0.15, 0.2) is 243 Å². The molecule has 0 spiro atoms. The number of hydrogen-bond donors (Lipinski definition) is 1. The Balaban J connectivity index is 1.03. The number of nitrogens with one attached hydrogen (secondary N) is 1. The lowest BCUT2D eigenvalue weighted by atomic mass is 9.80. The maximum Gasteiger partial charge on any atom is 0.0713 e. The van der Waals surface area contributed by atoms with Gasteiger partial charge in [0.1, 0.15) is 0 Å². The highest BCUT2D eigenvalue weighted by atomic mass is 15.2. The van der Waals surface area contributed by atoms with E-state index in [-0.39, 0.29) is 11.5 Å². The monoisotopic (exact) mass is 819 g/mol. The molecular weight excluding hydrogens is 775 g/mol. The van der Waals surface area contributed by atoms with E-state index >= 15 is 0 Å². The number of anilines is 4. The molecule has 1 N–H and O–H groups in total. The van der Waals surface area contributed by atoms with Crippen LogP contribution in [0.25, 0.3) is 72.0 Å². The van der Waals surface area contributed by atoms with Gasteiger partial charge in [-0.15, -0.1) is 0 Å². The maximum absolute atomic E-state index is 3.77. The van der Waals surface area contributed by atoms with E-state index in [1.165, 1.54) is 77.7 Å². The van der Waals surface area contributed by atoms with Gasteiger partial charge < -0.3 is 14.8 Å². The van der Waals surface area contributed by atoms with E-state index in [4.69, 9.17) is 0 Å². The van der Waals surface area contributed by atoms with Gasteiger partial charge >= 0.3 is 0 Å². The Kier molecular flexibility index (Phi) is 9.01. The molecule has 0 fully saturated rings. The van der Waals surface area contributed by atoms with Crippen molar-refractivity contribution in [3.8, 4) is 50.2 Å². The number of fused-ring (bicyclic) bond motifs is 7. The SMILES string of the molecule is CC12C=CC=CC1c1c(ccc3c4cc(-c5ccc(Nc6ccc(-c7ccccc7)cc6)c(-c6ccccc6)c5)ccc4n(-c4cccc(-c5ccccc5)c4)c13)N2c1ccccc1. The van der Waals surface area contributed by atoms with Crippen LogP contribution < -0.4 is 10.2 Å². The molecule has 1 aliphatic carbocycles. The predicted molar refractivity (Wildman–Crippen MR) is 270 cm³/mol. The van der Waals surface area contributed by atoms with Crippen LogP contribution in [0.1, 0.15) is 18.4 Å². The second-order valence-electron chi connectivity index (χ2n) is 17.2. The molecule has 1 aromatic heterocycles. The Morgan fingerprint density at radius 1 is 0.453 bits per heavy atom. The van der Waals surface area contributed by atoms with Crippen molar-refractivity contribution >= 4 is 44.6 Å². The normalized spacial score (nSPS) is 16.3. The van der Waals surface area contributed by atoms with E-state index in [1.54, 1.807) is 0 Å². The zero-order valence-electron chi connectivity index (χ0n) is 35.6. The molecule has 3 heteroatoms. The molecule has 304 valence electrons. The summed E-state index contributed by atoms with van der Waals surface area (Å²) in [5.74, 6) is 0.138. The minimum Gasteiger partial charge on any atom is -0.355 e. The van der Waals surface area contributed by atoms with Crippen molar-refractivity contribution in [2.45, 2.75) is 18.4 Å². The number of nitrogens with zero attached hydrogens (tertiary/aromatic N) is 2. The van der Waals surface area contributed by atoms with Gasteiger partial charge in [-0.05, 0) is 113 Å². The van der Waals surface area contributed by atoms with Crippen molar-refractivity contribution in [2.75, 3.05) is 10.2 Å². The zero-order valence-corrected chi connectivity index (χ0v) is 35.6. The molecule has 64 heavy (non-hydrogen) atoms. The number of benzene rings is 9. The summed E-state index contributed by atoms with van der Waals surface area (Å²) in [6.45, 7) is 2.39. The van der Waals surface area contributed by atoms with Crippen molar-refractivity contribution in [2.24, 2.45) is 0 Å². The first-order valence-electron chi connectivity index (χ1n) is 22.2. The van der Waals surface area contributed by atoms with Gasteiger partial charge in [-0.25, -0.2) is 0 Å². The van der Waals surface area contributed by atoms with Gasteiger partial charge in [0.15, 0.2) is 0 Å². The Morgan fingerprint density at radius 2 is 1.03 bits per heavy atom. The fourth-order valence-electron chi connectivity index (χ4n) is 10.3. The highest BCUT2D eigenvalue weighted by Gasteiger charge is 2.48. The van der Waals surface area contributed by atoms with E-state index in [9.17, 15) is 0 Å². The summed E-state index contributed by atoms with van der Waals surface area (Å²) in [4.78, 5) is 2.55. The molecule has 0 radical (unpaired) electrons. The molecule has 0 saturated carbocycles. The first kappa shape index (κ1) is 37.6. The molecule has 2 unspecified atom stereocenters. The summed E-state index contributed by atoms with van der Waals surface area (Å²) >= 11 is 0. The summed E-state index contributed by atoms with van der Waals surface area (Å²) in [5, 5.41) is 6.25. The van der Waals surface area contributed by atoms with E-state index in [0.29, 0.717) is 0 Å². The van der Waals surface area contributed by atoms with Crippen LogP contribution >= 0.6 is 0 Å². The average Bonchev–Trinajstić information content (AvgIpc) is 3.84. The minimum atomic E-state index is -0.279. The van der Waals surface area contributed by atoms with Crippen molar-refractivity contribution in [3.63, 3.8) is 0 Å². The number of allylic oxidation sites excluding steroid dienone is 2. The number of para-hydroxylation sites is 1. The summed E-state index contributed by atoms with van der Waals surface area (Å²) in [6, 6.07) is 79.3. The average molecular weight is 820 g/mol. The highest BCUT2D eigenvalue weighted by molar-refractivity contribution is 6.14. The summed E-state index contributed by atoms with van der Waals surface area (Å²) in [7, 11) is 0. The third-order valence-corrected chi connectivity index (χ3v) is 13.4. The Bertz CT molecular complexity index is 3400. The maximum atomic E-state index is 3.77. The number of hydrogen-bond acceptors (Lipinski definition) is 2. The number of aromatic nitrogens is 1. The molecule has 1 aliphatic heterocycles. The van der Waals surface area contributed by atoms with Crippen LogP contribution in [0.2, 0.25) is 0 Å². The topological polar surface area (TPSA) is 20.2 Å². The van der Waals surface area contributed by atoms with E-state index in [1.807, 2.05) is 0 Å². The van der Waals surface area contributed by atoms with Gasteiger partial charge in [-0.1, -0.05) is 176 Å². The summed E-state index contributed by atoms with van der Waals surface area (Å²) < 4.78 is 2.53. The standard InChI is InChI=1S/C61H45N3/c1-61-38-15-14-27-55(61)59-58(64(61)50-24-12-5-13-25-50)37-34-52-54-41-48(31-36-57(54)63(60(52)59)51-26-16-23-46(39-51)43-19-8-3-9-20-43)47-30-35-56(53(40-47)45-21-10-4-11-22-45)62-49-32-28-44(29-33-49)42-17-6-2-7-18-42/h2-41,55,62H,1H3. The fourth-order valence-corrected chi connectivity index (χ4v) is 10.3. The van der Waals surface area contributed by atoms with Crippen molar-refractivity contribution < 1.29 is 0 Å². The lowest BCUT2D eigenvalue weighted by molar-refractivity contribution is 0.543. The Morgan fingerprint density at radius 3 is 1.77 bits per heavy atom. The zero-order chi connectivity index (χ0) is 42.6. The second kappa shape index (κ2) is 15.3. The highest BCUT2D eigenvalue weighted by Crippen LogP contribution is 2.57. The molecule has 12 rings (SSSR count). The third kappa shape index (κ3) is 6.28. The van der Waals surface area contributed by atoms with E-state index in [0.717, 1.165) is 22.6 Å². The van der Waals surface area contributed by atoms with Crippen LogP contribution in [0.5, 0.6) is 0 Å². The van der Waals surface area contributed by atoms with Gasteiger partial charge in [0.05, 0.1) is 16.6 Å². The first-order valence-corrected chi connectivity index (χ1v) is 22.2. The largest absolute Gasteiger partial charge is 0.355 e. The molecule has 2 atom stereocenters. The minimum absolute atomic E-state index is 0.138. The molecular formula is C61H45N3. The molecule has 0 bridgehead atoms. The summed E-state index contributed by atoms with van der Waals surface area (Å²) in [5.41, 5.74) is 18.7. The lowest BCUT2D eigenvalue weighted by Gasteiger charge is -2.39. The Labute approximate surface area is 374 Å². The van der Waals surface area contributed by atoms with E-state index < -0.39 is 0 Å².